The molecule has 0 aliphatic carbocycles. The first-order chi connectivity index (χ1) is 9.42. The summed E-state index contributed by atoms with van der Waals surface area (Å²) < 4.78 is 0. The minimum Gasteiger partial charge on any atom is -0.352 e. The van der Waals surface area contributed by atoms with Crippen LogP contribution in [-0.2, 0) is 0 Å². The lowest BCUT2D eigenvalue weighted by molar-refractivity contribution is 0.519. The zero-order valence-corrected chi connectivity index (χ0v) is 13.1. The van der Waals surface area contributed by atoms with E-state index in [4.69, 9.17) is 5.84 Å². The van der Waals surface area contributed by atoms with E-state index in [1.165, 1.54) is 12.8 Å². The maximum absolute atomic E-state index is 5.38. The summed E-state index contributed by atoms with van der Waals surface area (Å²) in [5, 5.41) is 3.30. The van der Waals surface area contributed by atoms with Gasteiger partial charge in [-0.3, -0.25) is 5.43 Å². The monoisotopic (exact) mass is 281 g/mol. The van der Waals surface area contributed by atoms with Gasteiger partial charge in [0.2, 0.25) is 17.8 Å². The number of hydrogen-bond acceptors (Lipinski definition) is 7. The predicted molar refractivity (Wildman–Crippen MR) is 83.7 cm³/mol. The number of aromatic nitrogens is 3. The van der Waals surface area contributed by atoms with Crippen LogP contribution in [0.1, 0.15) is 40.0 Å². The van der Waals surface area contributed by atoms with E-state index in [0.717, 1.165) is 12.3 Å². The largest absolute Gasteiger partial charge is 0.352 e. The van der Waals surface area contributed by atoms with Gasteiger partial charge in [0.15, 0.2) is 0 Å². The zero-order valence-electron chi connectivity index (χ0n) is 13.1. The smallest absolute Gasteiger partial charge is 0.243 e. The summed E-state index contributed by atoms with van der Waals surface area (Å²) in [4.78, 5) is 14.6. The van der Waals surface area contributed by atoms with E-state index in [-0.39, 0.29) is 0 Å². The Labute approximate surface area is 121 Å². The number of nitrogen functional groups attached to an aromatic ring is 1. The van der Waals surface area contributed by atoms with E-state index in [1.54, 1.807) is 0 Å². The number of nitrogens with zero attached hydrogens (tertiary/aromatic N) is 4. The molecule has 114 valence electrons. The first-order valence-electron chi connectivity index (χ1n) is 7.09. The predicted octanol–water partition coefficient (Wildman–Crippen LogP) is 1.85. The normalized spacial score (nSPS) is 12.3. The highest BCUT2D eigenvalue weighted by Crippen LogP contribution is 2.14. The number of rotatable bonds is 8. The van der Waals surface area contributed by atoms with Crippen LogP contribution in [0.25, 0.3) is 0 Å². The minimum absolute atomic E-state index is 0.316. The Morgan fingerprint density at radius 1 is 1.05 bits per heavy atom. The molecule has 20 heavy (non-hydrogen) atoms. The molecule has 1 aromatic rings. The summed E-state index contributed by atoms with van der Waals surface area (Å²) in [7, 11) is 3.76. The fourth-order valence-corrected chi connectivity index (χ4v) is 1.82. The van der Waals surface area contributed by atoms with Gasteiger partial charge in [0.25, 0.3) is 0 Å². The van der Waals surface area contributed by atoms with Crippen LogP contribution in [0.15, 0.2) is 0 Å². The highest BCUT2D eigenvalue weighted by Gasteiger charge is 2.10. The van der Waals surface area contributed by atoms with Gasteiger partial charge in [0.05, 0.1) is 0 Å². The molecule has 1 aromatic heterocycles. The first-order valence-corrected chi connectivity index (χ1v) is 7.09. The maximum Gasteiger partial charge on any atom is 0.243 e. The number of anilines is 3. The SMILES string of the molecule is CC(C)CCCC(C)Nc1nc(NN)nc(N(C)C)n1. The molecule has 0 amide bonds. The molecule has 0 aliphatic rings. The van der Waals surface area contributed by atoms with Crippen LogP contribution < -0.4 is 21.5 Å². The van der Waals surface area contributed by atoms with Crippen LogP contribution in [0.5, 0.6) is 0 Å². The molecule has 4 N–H and O–H groups in total. The van der Waals surface area contributed by atoms with Crippen molar-refractivity contribution in [1.29, 1.82) is 0 Å². The van der Waals surface area contributed by atoms with Crippen LogP contribution >= 0.6 is 0 Å². The number of hydrogen-bond donors (Lipinski definition) is 3. The van der Waals surface area contributed by atoms with Gasteiger partial charge in [-0.1, -0.05) is 26.7 Å². The molecule has 0 bridgehead atoms. The highest BCUT2D eigenvalue weighted by molar-refractivity contribution is 5.42. The van der Waals surface area contributed by atoms with Crippen molar-refractivity contribution in [3.8, 4) is 0 Å². The van der Waals surface area contributed by atoms with Crippen molar-refractivity contribution < 1.29 is 0 Å². The van der Waals surface area contributed by atoms with Gasteiger partial charge in [0, 0.05) is 20.1 Å². The minimum atomic E-state index is 0.316. The van der Waals surface area contributed by atoms with Crippen molar-refractivity contribution in [1.82, 2.24) is 15.0 Å². The maximum atomic E-state index is 5.38. The third-order valence-electron chi connectivity index (χ3n) is 2.95. The van der Waals surface area contributed by atoms with Gasteiger partial charge in [-0.05, 0) is 19.3 Å². The van der Waals surface area contributed by atoms with Crippen LogP contribution in [0.3, 0.4) is 0 Å². The van der Waals surface area contributed by atoms with E-state index < -0.39 is 0 Å². The second kappa shape index (κ2) is 7.84. The average Bonchev–Trinajstić information content (AvgIpc) is 2.37. The standard InChI is InChI=1S/C13H27N7/c1-9(2)7-6-8-10(3)15-11-16-12(19-14)18-13(17-11)20(4)5/h9-10H,6-8,14H2,1-5H3,(H2,15,16,17,18,19). The lowest BCUT2D eigenvalue weighted by Crippen LogP contribution is -2.22. The average molecular weight is 281 g/mol. The van der Waals surface area contributed by atoms with Crippen molar-refractivity contribution >= 4 is 17.8 Å². The van der Waals surface area contributed by atoms with Gasteiger partial charge in [-0.15, -0.1) is 0 Å². The Morgan fingerprint density at radius 3 is 2.25 bits per heavy atom. The summed E-state index contributed by atoms with van der Waals surface area (Å²) >= 11 is 0. The molecular formula is C13H27N7. The summed E-state index contributed by atoms with van der Waals surface area (Å²) in [5.41, 5.74) is 2.47. The lowest BCUT2D eigenvalue weighted by atomic mass is 10.0. The van der Waals surface area contributed by atoms with E-state index in [2.05, 4.69) is 46.5 Å². The number of nitrogens with one attached hydrogen (secondary N) is 2. The van der Waals surface area contributed by atoms with Gasteiger partial charge < -0.3 is 10.2 Å². The van der Waals surface area contributed by atoms with Gasteiger partial charge in [-0.25, -0.2) is 5.84 Å². The van der Waals surface area contributed by atoms with Gasteiger partial charge in [-0.2, -0.15) is 15.0 Å². The van der Waals surface area contributed by atoms with E-state index in [1.807, 2.05) is 19.0 Å². The Kier molecular flexibility index (Phi) is 6.44. The highest BCUT2D eigenvalue weighted by atomic mass is 15.4. The summed E-state index contributed by atoms with van der Waals surface area (Å²) in [6, 6.07) is 0.316. The van der Waals surface area contributed by atoms with Gasteiger partial charge in [0.1, 0.15) is 0 Å². The second-order valence-electron chi connectivity index (χ2n) is 5.69. The first kappa shape index (κ1) is 16.4. The van der Waals surface area contributed by atoms with Crippen LogP contribution in [-0.4, -0.2) is 35.1 Å². The lowest BCUT2D eigenvalue weighted by Gasteiger charge is -2.17. The van der Waals surface area contributed by atoms with Crippen LogP contribution in [0.2, 0.25) is 0 Å². The Bertz CT molecular complexity index is 406. The van der Waals surface area contributed by atoms with Crippen molar-refractivity contribution in [2.75, 3.05) is 29.7 Å². The Morgan fingerprint density at radius 2 is 1.70 bits per heavy atom. The summed E-state index contributed by atoms with van der Waals surface area (Å²) in [6.45, 7) is 6.62. The quantitative estimate of drug-likeness (QED) is 0.494. The summed E-state index contributed by atoms with van der Waals surface area (Å²) in [6.07, 6.45) is 3.52. The molecule has 0 spiro atoms. The zero-order chi connectivity index (χ0) is 15.1. The van der Waals surface area contributed by atoms with Crippen molar-refractivity contribution in [2.45, 2.75) is 46.1 Å². The van der Waals surface area contributed by atoms with Crippen molar-refractivity contribution in [3.63, 3.8) is 0 Å². The molecule has 0 fully saturated rings. The third kappa shape index (κ3) is 5.56. The van der Waals surface area contributed by atoms with E-state index in [0.29, 0.717) is 23.9 Å². The Hall–Kier alpha value is -1.63. The molecule has 1 heterocycles. The topological polar surface area (TPSA) is 92.0 Å². The number of hydrazine groups is 1. The second-order valence-corrected chi connectivity index (χ2v) is 5.69. The van der Waals surface area contributed by atoms with Crippen LogP contribution in [0.4, 0.5) is 17.8 Å². The fourth-order valence-electron chi connectivity index (χ4n) is 1.82. The van der Waals surface area contributed by atoms with Gasteiger partial charge >= 0.3 is 0 Å². The molecular weight excluding hydrogens is 254 g/mol. The number of nitrogens with two attached hydrogens (primary N) is 1. The van der Waals surface area contributed by atoms with E-state index in [9.17, 15) is 0 Å². The van der Waals surface area contributed by atoms with Crippen molar-refractivity contribution in [3.05, 3.63) is 0 Å². The molecule has 1 unspecified atom stereocenters. The third-order valence-corrected chi connectivity index (χ3v) is 2.95. The Balaban J connectivity index is 2.63. The molecule has 0 aromatic carbocycles. The fraction of sp³-hybridized carbons (Fsp3) is 0.769. The molecule has 0 radical (unpaired) electrons. The molecule has 1 atom stereocenters. The molecule has 1 rings (SSSR count). The van der Waals surface area contributed by atoms with E-state index >= 15 is 0 Å². The molecule has 7 heteroatoms. The summed E-state index contributed by atoms with van der Waals surface area (Å²) in [5.74, 6) is 7.61. The molecule has 7 nitrogen and oxygen atoms in total. The van der Waals surface area contributed by atoms with Crippen LogP contribution in [0, 0.1) is 5.92 Å². The molecule has 0 saturated heterocycles. The molecule has 0 saturated carbocycles. The molecule has 0 aliphatic heterocycles. The van der Waals surface area contributed by atoms with Crippen molar-refractivity contribution in [2.24, 2.45) is 11.8 Å².